The Morgan fingerprint density at radius 3 is 2.82 bits per heavy atom. The van der Waals surface area contributed by atoms with Crippen molar-refractivity contribution in [3.05, 3.63) is 12.7 Å². The van der Waals surface area contributed by atoms with Crippen molar-refractivity contribution in [1.29, 1.82) is 0 Å². The first-order valence-corrected chi connectivity index (χ1v) is 5.04. The minimum Gasteiger partial charge on any atom is -0.481 e. The molecular formula is C10H14N2O5. The van der Waals surface area contributed by atoms with Crippen molar-refractivity contribution in [3.63, 3.8) is 0 Å². The first-order chi connectivity index (χ1) is 7.97. The second-order valence-corrected chi connectivity index (χ2v) is 3.67. The average molecular weight is 242 g/mol. The van der Waals surface area contributed by atoms with Crippen molar-refractivity contribution < 1.29 is 24.2 Å². The van der Waals surface area contributed by atoms with Crippen molar-refractivity contribution in [1.82, 2.24) is 10.6 Å². The molecular weight excluding hydrogens is 228 g/mol. The molecule has 1 fully saturated rings. The molecule has 2 amide bonds. The number of rotatable bonds is 5. The van der Waals surface area contributed by atoms with Crippen LogP contribution in [0.5, 0.6) is 0 Å². The van der Waals surface area contributed by atoms with E-state index in [2.05, 4.69) is 21.9 Å². The molecule has 1 aliphatic heterocycles. The van der Waals surface area contributed by atoms with E-state index >= 15 is 0 Å². The van der Waals surface area contributed by atoms with Crippen LogP contribution < -0.4 is 10.6 Å². The molecule has 17 heavy (non-hydrogen) atoms. The molecule has 1 saturated heterocycles. The van der Waals surface area contributed by atoms with Crippen molar-refractivity contribution in [2.24, 2.45) is 5.92 Å². The summed E-state index contributed by atoms with van der Waals surface area (Å²) in [5.41, 5.74) is 0. The van der Waals surface area contributed by atoms with Gasteiger partial charge in [0.15, 0.2) is 0 Å². The fraction of sp³-hybridized carbons (Fsp3) is 0.500. The summed E-state index contributed by atoms with van der Waals surface area (Å²) in [6.45, 7) is 4.85. The fourth-order valence-electron chi connectivity index (χ4n) is 1.43. The highest BCUT2D eigenvalue weighted by Crippen LogP contribution is 2.16. The highest BCUT2D eigenvalue weighted by molar-refractivity contribution is 5.93. The van der Waals surface area contributed by atoms with Gasteiger partial charge < -0.3 is 20.5 Å². The van der Waals surface area contributed by atoms with Gasteiger partial charge in [-0.25, -0.2) is 4.79 Å². The second kappa shape index (κ2) is 5.33. The number of carbonyl (C=O) groups is 3. The third kappa shape index (κ3) is 2.96. The lowest BCUT2D eigenvalue weighted by Gasteiger charge is -2.38. The van der Waals surface area contributed by atoms with E-state index in [1.165, 1.54) is 13.0 Å². The summed E-state index contributed by atoms with van der Waals surface area (Å²) in [6.07, 6.45) is 0.616. The Balaban J connectivity index is 2.51. The average Bonchev–Trinajstić information content (AvgIpc) is 2.29. The summed E-state index contributed by atoms with van der Waals surface area (Å²) in [4.78, 5) is 33.1. The van der Waals surface area contributed by atoms with E-state index in [0.717, 1.165) is 0 Å². The number of hydrogen-bond acceptors (Lipinski definition) is 4. The summed E-state index contributed by atoms with van der Waals surface area (Å²) < 4.78 is 4.64. The molecule has 3 N–H and O–H groups in total. The molecule has 1 rings (SSSR count). The third-order valence-electron chi connectivity index (χ3n) is 2.48. The quantitative estimate of drug-likeness (QED) is 0.444. The number of amides is 2. The third-order valence-corrected chi connectivity index (χ3v) is 2.48. The maximum absolute atomic E-state index is 11.2. The Morgan fingerprint density at radius 2 is 2.35 bits per heavy atom. The van der Waals surface area contributed by atoms with E-state index in [9.17, 15) is 14.4 Å². The molecule has 0 aromatic heterocycles. The van der Waals surface area contributed by atoms with Crippen LogP contribution >= 0.6 is 0 Å². The number of nitrogens with one attached hydrogen (secondary N) is 2. The lowest BCUT2D eigenvalue weighted by atomic mass is 9.88. The molecule has 0 aromatic carbocycles. The number of carboxylic acid groups (broad SMARTS) is 1. The molecule has 0 radical (unpaired) electrons. The minimum atomic E-state index is -1.04. The topological polar surface area (TPSA) is 105 Å². The largest absolute Gasteiger partial charge is 0.481 e. The van der Waals surface area contributed by atoms with E-state index in [1.54, 1.807) is 0 Å². The Bertz CT molecular complexity index is 355. The molecule has 3 atom stereocenters. The van der Waals surface area contributed by atoms with Gasteiger partial charge in [0, 0.05) is 0 Å². The van der Waals surface area contributed by atoms with Crippen LogP contribution in [0.1, 0.15) is 6.92 Å². The molecule has 7 heteroatoms. The fourth-order valence-corrected chi connectivity index (χ4v) is 1.43. The number of carbonyl (C=O) groups excluding carboxylic acids is 2. The lowest BCUT2D eigenvalue weighted by Crippen LogP contribution is -2.71. The monoisotopic (exact) mass is 242 g/mol. The van der Waals surface area contributed by atoms with Crippen molar-refractivity contribution in [3.8, 4) is 0 Å². The zero-order valence-corrected chi connectivity index (χ0v) is 9.30. The summed E-state index contributed by atoms with van der Waals surface area (Å²) in [5, 5.41) is 13.5. The molecule has 7 nitrogen and oxygen atoms in total. The van der Waals surface area contributed by atoms with Crippen LogP contribution in [0.2, 0.25) is 0 Å². The molecule has 94 valence electrons. The first kappa shape index (κ1) is 13.0. The first-order valence-electron chi connectivity index (χ1n) is 5.04. The highest BCUT2D eigenvalue weighted by Gasteiger charge is 2.45. The predicted molar refractivity (Wildman–Crippen MR) is 57.2 cm³/mol. The van der Waals surface area contributed by atoms with Crippen LogP contribution in [-0.4, -0.2) is 41.8 Å². The van der Waals surface area contributed by atoms with Gasteiger partial charge >= 0.3 is 12.1 Å². The zero-order valence-electron chi connectivity index (χ0n) is 9.30. The summed E-state index contributed by atoms with van der Waals surface area (Å²) in [5.74, 6) is -2.24. The number of β-lactam (4-membered cyclic amide) rings is 1. The molecule has 1 aliphatic rings. The molecule has 0 saturated carbocycles. The van der Waals surface area contributed by atoms with Crippen LogP contribution in [-0.2, 0) is 14.3 Å². The second-order valence-electron chi connectivity index (χ2n) is 3.67. The summed E-state index contributed by atoms with van der Waals surface area (Å²) in [6, 6.07) is -1.48. The minimum absolute atomic E-state index is 0.0271. The Morgan fingerprint density at radius 1 is 1.71 bits per heavy atom. The predicted octanol–water partition coefficient (Wildman–Crippen LogP) is -0.514. The van der Waals surface area contributed by atoms with E-state index in [1.807, 2.05) is 0 Å². The van der Waals surface area contributed by atoms with Gasteiger partial charge in [-0.1, -0.05) is 12.7 Å². The van der Waals surface area contributed by atoms with Crippen LogP contribution in [0.4, 0.5) is 4.79 Å². The number of alkyl carbamates (subject to hydrolysis) is 1. The number of hydrogen-bond donors (Lipinski definition) is 3. The Labute approximate surface area is 97.8 Å². The van der Waals surface area contributed by atoms with Crippen molar-refractivity contribution in [2.45, 2.75) is 19.0 Å². The van der Waals surface area contributed by atoms with Crippen LogP contribution in [0, 0.1) is 5.92 Å². The lowest BCUT2D eigenvalue weighted by molar-refractivity contribution is -0.146. The van der Waals surface area contributed by atoms with Gasteiger partial charge in [0.05, 0.1) is 12.0 Å². The molecule has 0 spiro atoms. The van der Waals surface area contributed by atoms with Gasteiger partial charge in [0.1, 0.15) is 12.6 Å². The molecule has 3 unspecified atom stereocenters. The molecule has 0 bridgehead atoms. The molecule has 0 aromatic rings. The standard InChI is InChI=1S/C10H14N2O5/c1-3-4-17-10(16)12-7-6(11-8(7)13)5(2)9(14)15/h3,5-7H,1,4H2,2H3,(H,11,13)(H,12,16)(H,14,15). The van der Waals surface area contributed by atoms with Crippen LogP contribution in [0.3, 0.4) is 0 Å². The van der Waals surface area contributed by atoms with Gasteiger partial charge in [-0.05, 0) is 6.92 Å². The number of aliphatic carboxylic acids is 1. The zero-order chi connectivity index (χ0) is 13.0. The smallest absolute Gasteiger partial charge is 0.408 e. The Hall–Kier alpha value is -2.05. The maximum Gasteiger partial charge on any atom is 0.408 e. The van der Waals surface area contributed by atoms with E-state index < -0.39 is 36.0 Å². The molecule has 1 heterocycles. The van der Waals surface area contributed by atoms with Crippen molar-refractivity contribution >= 4 is 18.0 Å². The normalized spacial score (nSPS) is 23.9. The van der Waals surface area contributed by atoms with Gasteiger partial charge in [-0.2, -0.15) is 0 Å². The van der Waals surface area contributed by atoms with Gasteiger partial charge in [-0.3, -0.25) is 9.59 Å². The number of ether oxygens (including phenoxy) is 1. The van der Waals surface area contributed by atoms with E-state index in [0.29, 0.717) is 0 Å². The van der Waals surface area contributed by atoms with Gasteiger partial charge in [0.2, 0.25) is 5.91 Å². The molecule has 0 aliphatic carbocycles. The SMILES string of the molecule is C=CCOC(=O)NC1C(=O)NC1C(C)C(=O)O. The van der Waals surface area contributed by atoms with E-state index in [-0.39, 0.29) is 6.61 Å². The maximum atomic E-state index is 11.2. The van der Waals surface area contributed by atoms with Crippen molar-refractivity contribution in [2.75, 3.05) is 6.61 Å². The summed E-state index contributed by atoms with van der Waals surface area (Å²) >= 11 is 0. The van der Waals surface area contributed by atoms with Gasteiger partial charge in [-0.15, -0.1) is 0 Å². The summed E-state index contributed by atoms with van der Waals surface area (Å²) in [7, 11) is 0. The Kier molecular flexibility index (Phi) is 4.08. The van der Waals surface area contributed by atoms with Gasteiger partial charge in [0.25, 0.3) is 0 Å². The van der Waals surface area contributed by atoms with Crippen LogP contribution in [0.25, 0.3) is 0 Å². The van der Waals surface area contributed by atoms with E-state index in [4.69, 9.17) is 5.11 Å². The highest BCUT2D eigenvalue weighted by atomic mass is 16.5. The van der Waals surface area contributed by atoms with Crippen LogP contribution in [0.15, 0.2) is 12.7 Å². The number of carboxylic acids is 1.